The molecule has 0 aliphatic heterocycles. The number of carboxylic acid groups (broad SMARTS) is 3. The molecule has 0 bridgehead atoms. The van der Waals surface area contributed by atoms with E-state index in [9.17, 15) is 24.3 Å². The first kappa shape index (κ1) is 21.4. The normalized spacial score (nSPS) is 14.8. The summed E-state index contributed by atoms with van der Waals surface area (Å²) < 4.78 is 0. The zero-order valence-electron chi connectivity index (χ0n) is 13.9. The molecule has 0 saturated heterocycles. The Labute approximate surface area is 139 Å². The van der Waals surface area contributed by atoms with Gasteiger partial charge in [0.05, 0.1) is 11.2 Å². The van der Waals surface area contributed by atoms with Crippen LogP contribution in [0.15, 0.2) is 12.4 Å². The van der Waals surface area contributed by atoms with Gasteiger partial charge in [-0.3, -0.25) is 4.79 Å². The molecule has 0 heterocycles. The topological polar surface area (TPSA) is 153 Å². The smallest absolute Gasteiger partial charge is 0.326 e. The van der Waals surface area contributed by atoms with E-state index in [1.165, 1.54) is 13.8 Å². The SMILES string of the molecule is C=C(N[C@@H](CC(C)C=O)C(=O)O)N[C@@H](CC(C)(C)C(=O)O)C(=O)O. The molecule has 24 heavy (non-hydrogen) atoms. The van der Waals surface area contributed by atoms with Gasteiger partial charge in [0.2, 0.25) is 0 Å². The van der Waals surface area contributed by atoms with Crippen LogP contribution in [0.1, 0.15) is 33.6 Å². The van der Waals surface area contributed by atoms with E-state index in [1.54, 1.807) is 6.92 Å². The highest BCUT2D eigenvalue weighted by molar-refractivity contribution is 5.78. The summed E-state index contributed by atoms with van der Waals surface area (Å²) in [5, 5.41) is 32.4. The van der Waals surface area contributed by atoms with E-state index in [0.717, 1.165) is 0 Å². The molecule has 9 nitrogen and oxygen atoms in total. The Kier molecular flexibility index (Phi) is 7.94. The summed E-state index contributed by atoms with van der Waals surface area (Å²) in [6.07, 6.45) is 0.377. The van der Waals surface area contributed by atoms with Crippen LogP contribution in [0.3, 0.4) is 0 Å². The maximum absolute atomic E-state index is 11.3. The molecule has 0 radical (unpaired) electrons. The number of carbonyl (C=O) groups excluding carboxylic acids is 1. The summed E-state index contributed by atoms with van der Waals surface area (Å²) in [6.45, 7) is 7.84. The van der Waals surface area contributed by atoms with Gasteiger partial charge in [-0.05, 0) is 26.7 Å². The van der Waals surface area contributed by atoms with Crippen LogP contribution in [-0.2, 0) is 19.2 Å². The molecule has 0 amide bonds. The Bertz CT molecular complexity index is 516. The summed E-state index contributed by atoms with van der Waals surface area (Å²) in [5.41, 5.74) is -1.30. The van der Waals surface area contributed by atoms with Gasteiger partial charge in [-0.1, -0.05) is 13.5 Å². The third-order valence-electron chi connectivity index (χ3n) is 3.43. The lowest BCUT2D eigenvalue weighted by atomic mass is 9.86. The standard InChI is InChI=1S/C15H24N2O7/c1-8(7-18)5-10(12(19)20)16-9(2)17-11(13(21)22)6-15(3,4)14(23)24/h7-8,10-11,16-17H,2,5-6H2,1,3-4H3,(H,19,20)(H,21,22)(H,23,24)/t8?,10-,11-/m0/s1. The second-order valence-electron chi connectivity index (χ2n) is 6.29. The molecule has 0 aromatic rings. The number of carboxylic acids is 3. The van der Waals surface area contributed by atoms with Gasteiger partial charge in [-0.25, -0.2) is 9.59 Å². The molecular weight excluding hydrogens is 320 g/mol. The van der Waals surface area contributed by atoms with Crippen LogP contribution in [0.4, 0.5) is 0 Å². The summed E-state index contributed by atoms with van der Waals surface area (Å²) >= 11 is 0. The van der Waals surface area contributed by atoms with E-state index in [0.29, 0.717) is 6.29 Å². The summed E-state index contributed by atoms with van der Waals surface area (Å²) in [6, 6.07) is -2.40. The summed E-state index contributed by atoms with van der Waals surface area (Å²) in [5.74, 6) is -4.25. The highest BCUT2D eigenvalue weighted by atomic mass is 16.4. The molecule has 136 valence electrons. The molecular formula is C15H24N2O7. The summed E-state index contributed by atoms with van der Waals surface area (Å²) in [4.78, 5) is 44.2. The minimum atomic E-state index is -1.30. The van der Waals surface area contributed by atoms with Crippen LogP contribution in [0.25, 0.3) is 0 Å². The summed E-state index contributed by atoms with van der Waals surface area (Å²) in [7, 11) is 0. The van der Waals surface area contributed by atoms with Crippen LogP contribution in [0.5, 0.6) is 0 Å². The fraction of sp³-hybridized carbons (Fsp3) is 0.600. The van der Waals surface area contributed by atoms with Gasteiger partial charge in [-0.2, -0.15) is 0 Å². The third kappa shape index (κ3) is 7.12. The molecule has 0 rings (SSSR count). The highest BCUT2D eigenvalue weighted by Gasteiger charge is 2.34. The van der Waals surface area contributed by atoms with Gasteiger partial charge in [0.15, 0.2) is 0 Å². The number of hydrogen-bond acceptors (Lipinski definition) is 6. The van der Waals surface area contributed by atoms with Gasteiger partial charge in [0, 0.05) is 5.92 Å². The number of nitrogens with one attached hydrogen (secondary N) is 2. The number of rotatable bonds is 12. The number of carbonyl (C=O) groups is 4. The van der Waals surface area contributed by atoms with E-state index in [-0.39, 0.29) is 18.7 Å². The zero-order chi connectivity index (χ0) is 19.1. The fourth-order valence-corrected chi connectivity index (χ4v) is 1.91. The molecule has 0 saturated carbocycles. The first-order valence-electron chi connectivity index (χ1n) is 7.27. The Hall–Kier alpha value is -2.58. The average Bonchev–Trinajstić information content (AvgIpc) is 2.44. The maximum atomic E-state index is 11.3. The third-order valence-corrected chi connectivity index (χ3v) is 3.43. The molecule has 0 spiro atoms. The molecule has 0 aliphatic carbocycles. The molecule has 0 fully saturated rings. The monoisotopic (exact) mass is 344 g/mol. The molecule has 9 heteroatoms. The highest BCUT2D eigenvalue weighted by Crippen LogP contribution is 2.23. The van der Waals surface area contributed by atoms with Gasteiger partial charge in [0.1, 0.15) is 18.4 Å². The van der Waals surface area contributed by atoms with Crippen molar-refractivity contribution in [2.45, 2.75) is 45.7 Å². The average molecular weight is 344 g/mol. The van der Waals surface area contributed by atoms with E-state index < -0.39 is 41.3 Å². The predicted octanol–water partition coefficient (Wildman–Crippen LogP) is 0.269. The van der Waals surface area contributed by atoms with Gasteiger partial charge in [0.25, 0.3) is 0 Å². The van der Waals surface area contributed by atoms with Gasteiger partial charge < -0.3 is 30.7 Å². The molecule has 0 aromatic carbocycles. The minimum absolute atomic E-state index is 0.00209. The van der Waals surface area contributed by atoms with E-state index in [1.807, 2.05) is 0 Å². The van der Waals surface area contributed by atoms with Crippen molar-refractivity contribution in [1.82, 2.24) is 10.6 Å². The van der Waals surface area contributed by atoms with Crippen molar-refractivity contribution < 1.29 is 34.5 Å². The van der Waals surface area contributed by atoms with Crippen molar-refractivity contribution in [3.05, 3.63) is 12.4 Å². The van der Waals surface area contributed by atoms with Crippen molar-refractivity contribution in [2.24, 2.45) is 11.3 Å². The Morgan fingerprint density at radius 3 is 1.92 bits per heavy atom. The molecule has 0 aromatic heterocycles. The number of hydrogen-bond donors (Lipinski definition) is 5. The Balaban J connectivity index is 4.94. The van der Waals surface area contributed by atoms with Crippen LogP contribution in [0.2, 0.25) is 0 Å². The van der Waals surface area contributed by atoms with Crippen LogP contribution in [-0.4, -0.2) is 51.6 Å². The molecule has 5 N–H and O–H groups in total. The van der Waals surface area contributed by atoms with E-state index >= 15 is 0 Å². The predicted molar refractivity (Wildman–Crippen MR) is 84.1 cm³/mol. The first-order valence-corrected chi connectivity index (χ1v) is 7.27. The number of aldehydes is 1. The van der Waals surface area contributed by atoms with E-state index in [2.05, 4.69) is 17.2 Å². The quantitative estimate of drug-likeness (QED) is 0.314. The molecule has 3 atom stereocenters. The van der Waals surface area contributed by atoms with Crippen LogP contribution < -0.4 is 10.6 Å². The second kappa shape index (κ2) is 8.90. The maximum Gasteiger partial charge on any atom is 0.326 e. The largest absolute Gasteiger partial charge is 0.481 e. The second-order valence-corrected chi connectivity index (χ2v) is 6.29. The van der Waals surface area contributed by atoms with Gasteiger partial charge >= 0.3 is 17.9 Å². The van der Waals surface area contributed by atoms with Crippen molar-refractivity contribution in [1.29, 1.82) is 0 Å². The van der Waals surface area contributed by atoms with Crippen LogP contribution in [0, 0.1) is 11.3 Å². The van der Waals surface area contributed by atoms with Crippen molar-refractivity contribution >= 4 is 24.2 Å². The van der Waals surface area contributed by atoms with Crippen molar-refractivity contribution in [2.75, 3.05) is 0 Å². The molecule has 1 unspecified atom stereocenters. The Morgan fingerprint density at radius 2 is 1.54 bits per heavy atom. The van der Waals surface area contributed by atoms with Crippen LogP contribution >= 0.6 is 0 Å². The zero-order valence-corrected chi connectivity index (χ0v) is 13.9. The van der Waals surface area contributed by atoms with E-state index in [4.69, 9.17) is 10.2 Å². The Morgan fingerprint density at radius 1 is 1.08 bits per heavy atom. The fourth-order valence-electron chi connectivity index (χ4n) is 1.91. The minimum Gasteiger partial charge on any atom is -0.481 e. The number of aliphatic carboxylic acids is 3. The lowest BCUT2D eigenvalue weighted by molar-refractivity contribution is -0.149. The van der Waals surface area contributed by atoms with Crippen molar-refractivity contribution in [3.8, 4) is 0 Å². The lowest BCUT2D eigenvalue weighted by Gasteiger charge is -2.27. The first-order chi connectivity index (χ1) is 10.9. The lowest BCUT2D eigenvalue weighted by Crippen LogP contribution is -2.47. The molecule has 0 aliphatic rings. The van der Waals surface area contributed by atoms with Crippen molar-refractivity contribution in [3.63, 3.8) is 0 Å². The van der Waals surface area contributed by atoms with Gasteiger partial charge in [-0.15, -0.1) is 0 Å².